The normalized spacial score (nSPS) is 10.3. The number of nitrogens with one attached hydrogen (secondary N) is 1. The molecule has 1 amide bonds. The second kappa shape index (κ2) is 8.33. The van der Waals surface area contributed by atoms with E-state index in [0.29, 0.717) is 16.1 Å². The van der Waals surface area contributed by atoms with E-state index in [-0.39, 0.29) is 22.0 Å². The molecule has 2 rings (SSSR count). The van der Waals surface area contributed by atoms with E-state index in [1.54, 1.807) is 26.0 Å². The Hall–Kier alpha value is -2.38. The third kappa shape index (κ3) is 4.05. The van der Waals surface area contributed by atoms with E-state index in [1.165, 1.54) is 13.2 Å². The maximum atomic E-state index is 12.5. The van der Waals surface area contributed by atoms with Gasteiger partial charge in [-0.3, -0.25) is 4.79 Å². The molecule has 1 aromatic carbocycles. The number of ether oxygens (including phenoxy) is 2. The molecular weight excluding hydrogens is 378 g/mol. The van der Waals surface area contributed by atoms with Gasteiger partial charge in [0.05, 0.1) is 19.3 Å². The molecule has 0 saturated carbocycles. The first kappa shape index (κ1) is 19.9. The van der Waals surface area contributed by atoms with Crippen molar-refractivity contribution in [3.05, 3.63) is 50.4 Å². The van der Waals surface area contributed by atoms with E-state index >= 15 is 0 Å². The number of carbonyl (C=O) groups is 3. The minimum Gasteiger partial charge on any atom is -0.465 e. The zero-order valence-electron chi connectivity index (χ0n) is 14.8. The number of thiophene rings is 1. The molecule has 0 atom stereocenters. The minimum atomic E-state index is -0.617. The maximum absolute atomic E-state index is 12.5. The van der Waals surface area contributed by atoms with Crippen molar-refractivity contribution in [2.24, 2.45) is 0 Å². The molecule has 138 valence electrons. The highest BCUT2D eigenvalue weighted by Gasteiger charge is 2.27. The van der Waals surface area contributed by atoms with E-state index in [9.17, 15) is 14.4 Å². The molecule has 0 aliphatic rings. The van der Waals surface area contributed by atoms with Crippen molar-refractivity contribution in [1.82, 2.24) is 0 Å². The summed E-state index contributed by atoms with van der Waals surface area (Å²) in [7, 11) is 1.25. The molecule has 1 N–H and O–H groups in total. The van der Waals surface area contributed by atoms with E-state index in [4.69, 9.17) is 21.1 Å². The topological polar surface area (TPSA) is 81.7 Å². The van der Waals surface area contributed by atoms with Gasteiger partial charge in [-0.1, -0.05) is 17.7 Å². The average Bonchev–Trinajstić information content (AvgIpc) is 2.92. The van der Waals surface area contributed by atoms with E-state index in [2.05, 4.69) is 5.32 Å². The van der Waals surface area contributed by atoms with Crippen molar-refractivity contribution in [3.63, 3.8) is 0 Å². The van der Waals surface area contributed by atoms with E-state index in [1.807, 2.05) is 6.92 Å². The van der Waals surface area contributed by atoms with Crippen molar-refractivity contribution in [2.75, 3.05) is 19.0 Å². The van der Waals surface area contributed by atoms with Gasteiger partial charge in [0.1, 0.15) is 9.88 Å². The number of esters is 2. The van der Waals surface area contributed by atoms with Gasteiger partial charge >= 0.3 is 11.9 Å². The highest BCUT2D eigenvalue weighted by atomic mass is 35.5. The number of hydrogen-bond donors (Lipinski definition) is 1. The molecule has 0 aliphatic heterocycles. The average molecular weight is 396 g/mol. The van der Waals surface area contributed by atoms with Crippen molar-refractivity contribution >= 4 is 45.8 Å². The van der Waals surface area contributed by atoms with Gasteiger partial charge in [0, 0.05) is 10.6 Å². The lowest BCUT2D eigenvalue weighted by molar-refractivity contribution is 0.0527. The van der Waals surface area contributed by atoms with Crippen LogP contribution in [0.2, 0.25) is 5.02 Å². The van der Waals surface area contributed by atoms with E-state index < -0.39 is 17.8 Å². The van der Waals surface area contributed by atoms with Crippen LogP contribution in [0.4, 0.5) is 5.00 Å². The molecular formula is C18H18ClNO5S. The fourth-order valence-corrected chi connectivity index (χ4v) is 3.54. The van der Waals surface area contributed by atoms with Crippen LogP contribution >= 0.6 is 22.9 Å². The van der Waals surface area contributed by atoms with Crippen LogP contribution in [0.3, 0.4) is 0 Å². The summed E-state index contributed by atoms with van der Waals surface area (Å²) < 4.78 is 9.77. The first-order valence-electron chi connectivity index (χ1n) is 7.76. The lowest BCUT2D eigenvalue weighted by Gasteiger charge is -2.08. The fourth-order valence-electron chi connectivity index (χ4n) is 2.25. The van der Waals surface area contributed by atoms with Crippen molar-refractivity contribution in [1.29, 1.82) is 0 Å². The minimum absolute atomic E-state index is 0.142. The predicted octanol–water partition coefficient (Wildman–Crippen LogP) is 4.23. The van der Waals surface area contributed by atoms with Crippen molar-refractivity contribution in [2.45, 2.75) is 20.8 Å². The summed E-state index contributed by atoms with van der Waals surface area (Å²) in [6, 6.07) is 4.89. The summed E-state index contributed by atoms with van der Waals surface area (Å²) in [5.41, 5.74) is 1.72. The Labute approximate surface area is 160 Å². The molecule has 0 unspecified atom stereocenters. The summed E-state index contributed by atoms with van der Waals surface area (Å²) in [5, 5.41) is 3.35. The van der Waals surface area contributed by atoms with Gasteiger partial charge in [-0.15, -0.1) is 11.3 Å². The number of amides is 1. The number of anilines is 1. The molecule has 1 aromatic heterocycles. The van der Waals surface area contributed by atoms with Crippen LogP contribution in [0.15, 0.2) is 18.2 Å². The second-order valence-electron chi connectivity index (χ2n) is 5.39. The molecule has 0 spiro atoms. The van der Waals surface area contributed by atoms with Crippen LogP contribution in [0.1, 0.15) is 48.4 Å². The highest BCUT2D eigenvalue weighted by Crippen LogP contribution is 2.34. The van der Waals surface area contributed by atoms with Crippen LogP contribution in [-0.2, 0) is 9.47 Å². The largest absolute Gasteiger partial charge is 0.465 e. The molecule has 0 fully saturated rings. The smallest absolute Gasteiger partial charge is 0.348 e. The molecule has 26 heavy (non-hydrogen) atoms. The Balaban J connectivity index is 2.43. The van der Waals surface area contributed by atoms with Gasteiger partial charge in [0.2, 0.25) is 0 Å². The second-order valence-corrected chi connectivity index (χ2v) is 6.82. The number of halogens is 1. The summed E-state index contributed by atoms with van der Waals surface area (Å²) in [6.45, 7) is 5.28. The van der Waals surface area contributed by atoms with Gasteiger partial charge in [0.25, 0.3) is 5.91 Å². The lowest BCUT2D eigenvalue weighted by Crippen LogP contribution is -2.15. The first-order valence-corrected chi connectivity index (χ1v) is 8.95. The Bertz CT molecular complexity index is 875. The Morgan fingerprint density at radius 3 is 2.46 bits per heavy atom. The quantitative estimate of drug-likeness (QED) is 0.766. The monoisotopic (exact) mass is 395 g/mol. The van der Waals surface area contributed by atoms with Crippen LogP contribution in [0.25, 0.3) is 0 Å². The number of aryl methyl sites for hydroxylation is 1. The lowest BCUT2D eigenvalue weighted by atomic mass is 10.1. The summed E-state index contributed by atoms with van der Waals surface area (Å²) >= 11 is 7.02. The number of hydrogen-bond acceptors (Lipinski definition) is 6. The summed E-state index contributed by atoms with van der Waals surface area (Å²) in [4.78, 5) is 37.0. The van der Waals surface area contributed by atoms with Crippen LogP contribution in [0.5, 0.6) is 0 Å². The standard InChI is InChI=1S/C18H18ClNO5S/c1-5-25-17(22)13-10(3)14(18(23)24-4)26-16(13)20-15(21)11-7-6-9(2)12(19)8-11/h6-8H,5H2,1-4H3,(H,20,21). The Morgan fingerprint density at radius 2 is 1.88 bits per heavy atom. The molecule has 1 heterocycles. The predicted molar refractivity (Wildman–Crippen MR) is 100 cm³/mol. The maximum Gasteiger partial charge on any atom is 0.348 e. The Morgan fingerprint density at radius 1 is 1.19 bits per heavy atom. The third-order valence-corrected chi connectivity index (χ3v) is 5.25. The first-order chi connectivity index (χ1) is 12.3. The molecule has 8 heteroatoms. The van der Waals surface area contributed by atoms with Crippen LogP contribution in [0, 0.1) is 13.8 Å². The summed E-state index contributed by atoms with van der Waals surface area (Å²) in [6.07, 6.45) is 0. The summed E-state index contributed by atoms with van der Waals surface area (Å²) in [5.74, 6) is -1.65. The van der Waals surface area contributed by atoms with Crippen LogP contribution in [-0.4, -0.2) is 31.6 Å². The van der Waals surface area contributed by atoms with Crippen molar-refractivity contribution < 1.29 is 23.9 Å². The molecule has 0 aliphatic carbocycles. The molecule has 6 nitrogen and oxygen atoms in total. The van der Waals surface area contributed by atoms with Crippen molar-refractivity contribution in [3.8, 4) is 0 Å². The number of benzene rings is 1. The van der Waals surface area contributed by atoms with Gasteiger partial charge in [-0.05, 0) is 44.0 Å². The molecule has 0 bridgehead atoms. The number of methoxy groups -OCH3 is 1. The molecule has 0 saturated heterocycles. The van der Waals surface area contributed by atoms with Gasteiger partial charge in [0.15, 0.2) is 0 Å². The molecule has 2 aromatic rings. The zero-order chi connectivity index (χ0) is 19.4. The fraction of sp³-hybridized carbons (Fsp3) is 0.278. The Kier molecular flexibility index (Phi) is 6.39. The van der Waals surface area contributed by atoms with Gasteiger partial charge in [-0.2, -0.15) is 0 Å². The van der Waals surface area contributed by atoms with Gasteiger partial charge in [-0.25, -0.2) is 9.59 Å². The molecule has 0 radical (unpaired) electrons. The number of rotatable bonds is 5. The SMILES string of the molecule is CCOC(=O)c1c(NC(=O)c2ccc(C)c(Cl)c2)sc(C(=O)OC)c1C. The zero-order valence-corrected chi connectivity index (χ0v) is 16.3. The van der Waals surface area contributed by atoms with E-state index in [0.717, 1.165) is 16.9 Å². The third-order valence-electron chi connectivity index (χ3n) is 3.66. The van der Waals surface area contributed by atoms with Crippen LogP contribution < -0.4 is 5.32 Å². The number of carbonyl (C=O) groups excluding carboxylic acids is 3. The van der Waals surface area contributed by atoms with Gasteiger partial charge < -0.3 is 14.8 Å². The highest BCUT2D eigenvalue weighted by molar-refractivity contribution is 7.18.